The SMILES string of the molecule is C=C.CC/C(=C\N(C)CCO)c1cc(Cl)cc2c1-c1ccccc1C2(O)C(F)(F)P. The second kappa shape index (κ2) is 9.57. The number of likely N-dealkylation sites (N-methyl/N-ethyl adjacent to an activating group) is 1. The molecule has 3 nitrogen and oxygen atoms in total. The first-order chi connectivity index (χ1) is 14.1. The van der Waals surface area contributed by atoms with Crippen molar-refractivity contribution >= 4 is 26.4 Å². The summed E-state index contributed by atoms with van der Waals surface area (Å²) in [6.07, 6.45) is 2.50. The molecule has 0 heterocycles. The van der Waals surface area contributed by atoms with Gasteiger partial charge in [-0.15, -0.1) is 13.2 Å². The molecule has 2 atom stereocenters. The summed E-state index contributed by atoms with van der Waals surface area (Å²) in [4.78, 5) is 1.84. The van der Waals surface area contributed by atoms with E-state index < -0.39 is 11.3 Å². The number of hydrogen-bond acceptors (Lipinski definition) is 3. The Bertz CT molecular complexity index is 945. The quantitative estimate of drug-likeness (QED) is 0.448. The number of aliphatic hydroxyl groups excluding tert-OH is 1. The number of rotatable bonds is 6. The van der Waals surface area contributed by atoms with Gasteiger partial charge in [-0.25, -0.2) is 0 Å². The molecule has 0 aliphatic heterocycles. The molecule has 162 valence electrons. The van der Waals surface area contributed by atoms with Crippen molar-refractivity contribution in [2.24, 2.45) is 0 Å². The molecule has 2 aromatic rings. The molecule has 0 bridgehead atoms. The van der Waals surface area contributed by atoms with Crippen molar-refractivity contribution in [3.05, 3.63) is 77.5 Å². The molecule has 0 fully saturated rings. The highest BCUT2D eigenvalue weighted by atomic mass is 35.5. The lowest BCUT2D eigenvalue weighted by atomic mass is 9.89. The fraction of sp³-hybridized carbons (Fsp3) is 0.304. The van der Waals surface area contributed by atoms with Crippen LogP contribution >= 0.6 is 20.8 Å². The van der Waals surface area contributed by atoms with Gasteiger partial charge < -0.3 is 15.1 Å². The molecule has 0 radical (unpaired) electrons. The van der Waals surface area contributed by atoms with Crippen molar-refractivity contribution in [3.63, 3.8) is 0 Å². The average Bonchev–Trinajstić information content (AvgIpc) is 2.97. The Balaban J connectivity index is 0.00000155. The van der Waals surface area contributed by atoms with Gasteiger partial charge in [-0.05, 0) is 40.8 Å². The van der Waals surface area contributed by atoms with Crippen molar-refractivity contribution in [2.75, 3.05) is 20.2 Å². The maximum Gasteiger partial charge on any atom is 0.295 e. The van der Waals surface area contributed by atoms with Crippen molar-refractivity contribution < 1.29 is 19.0 Å². The number of allylic oxidation sites excluding steroid dienone is 1. The van der Waals surface area contributed by atoms with Crippen LogP contribution in [0, 0.1) is 0 Å². The molecule has 30 heavy (non-hydrogen) atoms. The molecule has 2 N–H and O–H groups in total. The second-order valence-corrected chi connectivity index (χ2v) is 8.13. The third kappa shape index (κ3) is 4.17. The Hall–Kier alpha value is -1.78. The van der Waals surface area contributed by atoms with Crippen LogP contribution < -0.4 is 0 Å². The third-order valence-corrected chi connectivity index (χ3v) is 5.75. The Morgan fingerprint density at radius 2 is 1.90 bits per heavy atom. The molecule has 1 aliphatic rings. The summed E-state index contributed by atoms with van der Waals surface area (Å²) in [6.45, 7) is 8.40. The predicted molar refractivity (Wildman–Crippen MR) is 124 cm³/mol. The van der Waals surface area contributed by atoms with Gasteiger partial charge in [0.2, 0.25) is 0 Å². The highest BCUT2D eigenvalue weighted by Gasteiger charge is 2.57. The number of benzene rings is 2. The number of halogens is 3. The van der Waals surface area contributed by atoms with E-state index in [2.05, 4.69) is 13.2 Å². The summed E-state index contributed by atoms with van der Waals surface area (Å²) < 4.78 is 29.3. The van der Waals surface area contributed by atoms with Crippen molar-refractivity contribution in [2.45, 2.75) is 24.6 Å². The van der Waals surface area contributed by atoms with Crippen molar-refractivity contribution in [3.8, 4) is 11.1 Å². The summed E-state index contributed by atoms with van der Waals surface area (Å²) in [7, 11) is 3.30. The summed E-state index contributed by atoms with van der Waals surface area (Å²) in [5, 5.41) is 20.7. The molecule has 0 aromatic heterocycles. The lowest BCUT2D eigenvalue weighted by Crippen LogP contribution is -2.40. The minimum atomic E-state index is -3.49. The first kappa shape index (κ1) is 24.5. The molecule has 7 heteroatoms. The smallest absolute Gasteiger partial charge is 0.295 e. The van der Waals surface area contributed by atoms with E-state index in [-0.39, 0.29) is 22.8 Å². The number of hydrogen-bond donors (Lipinski definition) is 2. The molecule has 2 unspecified atom stereocenters. The zero-order valence-corrected chi connectivity index (χ0v) is 19.0. The average molecular weight is 454 g/mol. The molecule has 1 aliphatic carbocycles. The Morgan fingerprint density at radius 3 is 2.47 bits per heavy atom. The van der Waals surface area contributed by atoms with E-state index in [0.717, 1.165) is 5.57 Å². The van der Waals surface area contributed by atoms with Gasteiger partial charge >= 0.3 is 0 Å². The van der Waals surface area contributed by atoms with Gasteiger partial charge in [-0.1, -0.05) is 52.0 Å². The van der Waals surface area contributed by atoms with Crippen LogP contribution in [0.2, 0.25) is 5.02 Å². The van der Waals surface area contributed by atoms with Crippen LogP contribution in [0.25, 0.3) is 16.7 Å². The first-order valence-electron chi connectivity index (χ1n) is 9.50. The molecule has 0 spiro atoms. The van der Waals surface area contributed by atoms with E-state index in [9.17, 15) is 13.9 Å². The van der Waals surface area contributed by atoms with E-state index in [4.69, 9.17) is 16.7 Å². The van der Waals surface area contributed by atoms with Gasteiger partial charge in [0.15, 0.2) is 5.60 Å². The van der Waals surface area contributed by atoms with E-state index in [0.29, 0.717) is 29.7 Å². The van der Waals surface area contributed by atoms with E-state index in [1.807, 2.05) is 25.1 Å². The molecular formula is C23H27ClF2NO2P. The van der Waals surface area contributed by atoms with Crippen molar-refractivity contribution in [1.82, 2.24) is 4.90 Å². The Kier molecular flexibility index (Phi) is 7.81. The molecule has 2 aromatic carbocycles. The second-order valence-electron chi connectivity index (χ2n) is 6.97. The molecule has 0 saturated heterocycles. The van der Waals surface area contributed by atoms with Gasteiger partial charge in [0, 0.05) is 35.9 Å². The van der Waals surface area contributed by atoms with Gasteiger partial charge in [0.05, 0.1) is 6.61 Å². The number of nitrogens with zero attached hydrogens (tertiary/aromatic N) is 1. The van der Waals surface area contributed by atoms with E-state index in [1.54, 1.807) is 24.3 Å². The minimum Gasteiger partial charge on any atom is -0.395 e. The number of aliphatic hydroxyl groups is 2. The van der Waals surface area contributed by atoms with Crippen LogP contribution in [0.1, 0.15) is 30.0 Å². The lowest BCUT2D eigenvalue weighted by Gasteiger charge is -2.32. The van der Waals surface area contributed by atoms with Gasteiger partial charge in [0.25, 0.3) is 5.66 Å². The fourth-order valence-electron chi connectivity index (χ4n) is 3.80. The Labute approximate surface area is 183 Å². The lowest BCUT2D eigenvalue weighted by molar-refractivity contribution is -0.0964. The summed E-state index contributed by atoms with van der Waals surface area (Å²) in [5.41, 5.74) is -3.01. The summed E-state index contributed by atoms with van der Waals surface area (Å²) >= 11 is 6.30. The molecular weight excluding hydrogens is 427 g/mol. The van der Waals surface area contributed by atoms with Crippen LogP contribution in [-0.2, 0) is 5.60 Å². The largest absolute Gasteiger partial charge is 0.395 e. The zero-order valence-electron chi connectivity index (χ0n) is 17.1. The predicted octanol–water partition coefficient (Wildman–Crippen LogP) is 5.50. The summed E-state index contributed by atoms with van der Waals surface area (Å²) in [6, 6.07) is 9.83. The summed E-state index contributed by atoms with van der Waals surface area (Å²) in [5.74, 6) is 0. The Morgan fingerprint density at radius 1 is 1.27 bits per heavy atom. The van der Waals surface area contributed by atoms with Crippen LogP contribution in [0.15, 0.2) is 55.8 Å². The van der Waals surface area contributed by atoms with Crippen LogP contribution in [0.5, 0.6) is 0 Å². The standard InChI is InChI=1S/C21H23ClF2NO2P.C2H4/c1-3-13(12-25(2)8-9-26)16-10-14(22)11-18-19(16)15-6-4-5-7-17(15)20(18,27)21(23,24)28;1-2/h4-7,10-12,26-27H,3,8-9,28H2,1-2H3;1-2H2/b13-12+;. The zero-order chi connectivity index (χ0) is 22.7. The highest BCUT2D eigenvalue weighted by molar-refractivity contribution is 7.18. The highest BCUT2D eigenvalue weighted by Crippen LogP contribution is 2.58. The van der Waals surface area contributed by atoms with Crippen LogP contribution in [-0.4, -0.2) is 41.0 Å². The molecule has 0 amide bonds. The van der Waals surface area contributed by atoms with Gasteiger partial charge in [0.1, 0.15) is 0 Å². The first-order valence-corrected chi connectivity index (χ1v) is 10.5. The fourth-order valence-corrected chi connectivity index (χ4v) is 4.33. The van der Waals surface area contributed by atoms with Crippen LogP contribution in [0.3, 0.4) is 0 Å². The van der Waals surface area contributed by atoms with Gasteiger partial charge in [-0.2, -0.15) is 8.78 Å². The third-order valence-electron chi connectivity index (χ3n) is 5.12. The maximum absolute atomic E-state index is 14.6. The molecule has 3 rings (SSSR count). The maximum atomic E-state index is 14.6. The van der Waals surface area contributed by atoms with E-state index >= 15 is 0 Å². The molecule has 0 saturated carbocycles. The van der Waals surface area contributed by atoms with Gasteiger partial charge in [-0.3, -0.25) is 0 Å². The van der Waals surface area contributed by atoms with Crippen molar-refractivity contribution in [1.29, 1.82) is 0 Å². The van der Waals surface area contributed by atoms with E-state index in [1.165, 1.54) is 21.4 Å². The monoisotopic (exact) mass is 453 g/mol. The topological polar surface area (TPSA) is 43.7 Å². The number of alkyl halides is 2. The number of fused-ring (bicyclic) bond motifs is 3. The van der Waals surface area contributed by atoms with Crippen LogP contribution in [0.4, 0.5) is 8.78 Å². The normalized spacial score (nSPS) is 17.7. The minimum absolute atomic E-state index is 0.000484.